The molecule has 138 valence electrons. The van der Waals surface area contributed by atoms with Gasteiger partial charge in [-0.2, -0.15) is 4.31 Å². The summed E-state index contributed by atoms with van der Waals surface area (Å²) in [5, 5.41) is 0. The molecule has 0 bridgehead atoms. The molecule has 1 atom stereocenters. The molecule has 1 aliphatic heterocycles. The van der Waals surface area contributed by atoms with E-state index in [0.29, 0.717) is 18.7 Å². The van der Waals surface area contributed by atoms with Gasteiger partial charge in [0, 0.05) is 13.1 Å². The molecule has 2 aromatic carbocycles. The maximum absolute atomic E-state index is 12.9. The number of carbonyl (C=O) groups is 1. The molecule has 0 spiro atoms. The first-order valence-electron chi connectivity index (χ1n) is 8.28. The lowest BCUT2D eigenvalue weighted by molar-refractivity contribution is -0.00256. The zero-order valence-corrected chi connectivity index (χ0v) is 15.5. The Morgan fingerprint density at radius 2 is 1.77 bits per heavy atom. The molecule has 0 aromatic heterocycles. The van der Waals surface area contributed by atoms with Crippen molar-refractivity contribution in [2.75, 3.05) is 26.8 Å². The fourth-order valence-corrected chi connectivity index (χ4v) is 4.28. The lowest BCUT2D eigenvalue weighted by Gasteiger charge is -2.32. The summed E-state index contributed by atoms with van der Waals surface area (Å²) in [7, 11) is -2.38. The molecular formula is C19H21NO5S. The van der Waals surface area contributed by atoms with Crippen molar-refractivity contribution in [1.29, 1.82) is 0 Å². The summed E-state index contributed by atoms with van der Waals surface area (Å²) < 4.78 is 37.7. The average Bonchev–Trinajstić information content (AvgIpc) is 2.68. The lowest BCUT2D eigenvalue weighted by Crippen LogP contribution is -2.42. The summed E-state index contributed by atoms with van der Waals surface area (Å²) >= 11 is 0. The van der Waals surface area contributed by atoms with Crippen LogP contribution in [0.15, 0.2) is 53.4 Å². The van der Waals surface area contributed by atoms with Crippen LogP contribution < -0.4 is 0 Å². The number of benzene rings is 2. The van der Waals surface area contributed by atoms with Gasteiger partial charge in [0.25, 0.3) is 0 Å². The number of methoxy groups -OCH3 is 1. The number of sulfonamides is 1. The van der Waals surface area contributed by atoms with E-state index in [9.17, 15) is 13.2 Å². The van der Waals surface area contributed by atoms with Crippen LogP contribution in [-0.2, 0) is 19.5 Å². The topological polar surface area (TPSA) is 72.9 Å². The number of rotatable bonds is 4. The van der Waals surface area contributed by atoms with Crippen molar-refractivity contribution >= 4 is 16.0 Å². The average molecular weight is 375 g/mol. The fourth-order valence-electron chi connectivity index (χ4n) is 2.86. The maximum Gasteiger partial charge on any atom is 0.337 e. The van der Waals surface area contributed by atoms with E-state index in [4.69, 9.17) is 4.74 Å². The van der Waals surface area contributed by atoms with E-state index >= 15 is 0 Å². The van der Waals surface area contributed by atoms with E-state index in [1.54, 1.807) is 0 Å². The zero-order chi connectivity index (χ0) is 18.7. The van der Waals surface area contributed by atoms with Gasteiger partial charge in [-0.25, -0.2) is 13.2 Å². The van der Waals surface area contributed by atoms with E-state index in [1.165, 1.54) is 35.7 Å². The minimum absolute atomic E-state index is 0.148. The lowest BCUT2D eigenvalue weighted by atomic mass is 10.1. The Bertz CT molecular complexity index is 875. The predicted octanol–water partition coefficient (Wildman–Crippen LogP) is 2.54. The highest BCUT2D eigenvalue weighted by Gasteiger charge is 2.31. The quantitative estimate of drug-likeness (QED) is 0.768. The second kappa shape index (κ2) is 7.57. The summed E-state index contributed by atoms with van der Waals surface area (Å²) in [6, 6.07) is 13.7. The number of carbonyl (C=O) groups excluding carboxylic acids is 1. The van der Waals surface area contributed by atoms with Gasteiger partial charge < -0.3 is 9.47 Å². The largest absolute Gasteiger partial charge is 0.465 e. The molecule has 1 aliphatic rings. The third-order valence-corrected chi connectivity index (χ3v) is 6.27. The van der Waals surface area contributed by atoms with Crippen molar-refractivity contribution in [1.82, 2.24) is 4.31 Å². The number of ether oxygens (including phenoxy) is 2. The van der Waals surface area contributed by atoms with Crippen LogP contribution in [0.25, 0.3) is 0 Å². The molecule has 0 aliphatic carbocycles. The van der Waals surface area contributed by atoms with Crippen LogP contribution in [0, 0.1) is 6.92 Å². The van der Waals surface area contributed by atoms with Crippen molar-refractivity contribution in [2.45, 2.75) is 17.9 Å². The Kier molecular flexibility index (Phi) is 5.41. The van der Waals surface area contributed by atoms with Crippen LogP contribution in [0.1, 0.15) is 27.6 Å². The molecule has 1 saturated heterocycles. The van der Waals surface area contributed by atoms with Crippen molar-refractivity contribution in [3.8, 4) is 0 Å². The highest BCUT2D eigenvalue weighted by Crippen LogP contribution is 2.27. The molecule has 2 aromatic rings. The molecule has 7 heteroatoms. The number of aryl methyl sites for hydroxylation is 1. The fraction of sp³-hybridized carbons (Fsp3) is 0.316. The molecule has 1 unspecified atom stereocenters. The number of morpholine rings is 1. The van der Waals surface area contributed by atoms with Crippen LogP contribution in [0.3, 0.4) is 0 Å². The first-order valence-corrected chi connectivity index (χ1v) is 9.72. The van der Waals surface area contributed by atoms with Crippen molar-refractivity contribution < 1.29 is 22.7 Å². The Balaban J connectivity index is 1.80. The van der Waals surface area contributed by atoms with Crippen molar-refractivity contribution in [2.24, 2.45) is 0 Å². The number of nitrogens with zero attached hydrogens (tertiary/aromatic N) is 1. The van der Waals surface area contributed by atoms with Crippen LogP contribution in [-0.4, -0.2) is 45.5 Å². The first kappa shape index (κ1) is 18.6. The molecule has 1 fully saturated rings. The molecule has 0 radical (unpaired) electrons. The summed E-state index contributed by atoms with van der Waals surface area (Å²) in [6.07, 6.45) is -0.298. The standard InChI is InChI=1S/C19H21NO5S/c1-14-3-5-15(6-4-14)18-13-20(11-12-25-18)26(22,23)17-9-7-16(8-10-17)19(21)24-2/h3-10,18H,11-13H2,1-2H3. The maximum atomic E-state index is 12.9. The van der Waals surface area contributed by atoms with Gasteiger partial charge in [-0.15, -0.1) is 0 Å². The van der Waals surface area contributed by atoms with Crippen molar-refractivity contribution in [3.63, 3.8) is 0 Å². The molecular weight excluding hydrogens is 354 g/mol. The van der Waals surface area contributed by atoms with E-state index in [-0.39, 0.29) is 17.5 Å². The highest BCUT2D eigenvalue weighted by atomic mass is 32.2. The van der Waals surface area contributed by atoms with Crippen molar-refractivity contribution in [3.05, 3.63) is 65.2 Å². The summed E-state index contributed by atoms with van der Waals surface area (Å²) in [5.41, 5.74) is 2.40. The summed E-state index contributed by atoms with van der Waals surface area (Å²) in [6.45, 7) is 2.88. The third-order valence-electron chi connectivity index (χ3n) is 4.39. The minimum atomic E-state index is -3.66. The second-order valence-electron chi connectivity index (χ2n) is 6.15. The van der Waals surface area contributed by atoms with Gasteiger partial charge in [0.2, 0.25) is 10.0 Å². The van der Waals surface area contributed by atoms with Gasteiger partial charge in [-0.05, 0) is 36.8 Å². The summed E-state index contributed by atoms with van der Waals surface area (Å²) in [5.74, 6) is -0.500. The zero-order valence-electron chi connectivity index (χ0n) is 14.7. The van der Waals surface area contributed by atoms with Crippen LogP contribution in [0.4, 0.5) is 0 Å². The Labute approximate surface area is 153 Å². The first-order chi connectivity index (χ1) is 12.4. The molecule has 26 heavy (non-hydrogen) atoms. The molecule has 0 amide bonds. The van der Waals surface area contributed by atoms with Gasteiger partial charge in [0.05, 0.1) is 30.3 Å². The van der Waals surface area contributed by atoms with E-state index < -0.39 is 16.0 Å². The van der Waals surface area contributed by atoms with E-state index in [0.717, 1.165) is 11.1 Å². The molecule has 3 rings (SSSR count). The SMILES string of the molecule is COC(=O)c1ccc(S(=O)(=O)N2CCOC(c3ccc(C)cc3)C2)cc1. The van der Waals surface area contributed by atoms with Gasteiger partial charge in [0.15, 0.2) is 0 Å². The number of esters is 1. The van der Waals surface area contributed by atoms with Gasteiger partial charge in [-0.3, -0.25) is 0 Å². The molecule has 1 heterocycles. The molecule has 0 saturated carbocycles. The Hall–Kier alpha value is -2.22. The Morgan fingerprint density at radius 1 is 1.12 bits per heavy atom. The highest BCUT2D eigenvalue weighted by molar-refractivity contribution is 7.89. The number of hydrogen-bond acceptors (Lipinski definition) is 5. The molecule has 6 nitrogen and oxygen atoms in total. The third kappa shape index (κ3) is 3.80. The van der Waals surface area contributed by atoms with Crippen LogP contribution in [0.2, 0.25) is 0 Å². The molecule has 0 N–H and O–H groups in total. The van der Waals surface area contributed by atoms with Gasteiger partial charge in [0.1, 0.15) is 0 Å². The van der Waals surface area contributed by atoms with Gasteiger partial charge >= 0.3 is 5.97 Å². The normalized spacial score (nSPS) is 18.5. The predicted molar refractivity (Wildman–Crippen MR) is 96.4 cm³/mol. The smallest absolute Gasteiger partial charge is 0.337 e. The van der Waals surface area contributed by atoms with Gasteiger partial charge in [-0.1, -0.05) is 29.8 Å². The summed E-state index contributed by atoms with van der Waals surface area (Å²) in [4.78, 5) is 11.6. The van der Waals surface area contributed by atoms with Crippen LogP contribution in [0.5, 0.6) is 0 Å². The Morgan fingerprint density at radius 3 is 2.38 bits per heavy atom. The number of hydrogen-bond donors (Lipinski definition) is 0. The van der Waals surface area contributed by atoms with Crippen LogP contribution >= 0.6 is 0 Å². The van der Waals surface area contributed by atoms with E-state index in [2.05, 4.69) is 4.74 Å². The minimum Gasteiger partial charge on any atom is -0.465 e. The van der Waals surface area contributed by atoms with E-state index in [1.807, 2.05) is 31.2 Å². The second-order valence-corrected chi connectivity index (χ2v) is 8.09. The monoisotopic (exact) mass is 375 g/mol.